The number of alkyl carbamates (subject to hydrolysis) is 1. The lowest BCUT2D eigenvalue weighted by molar-refractivity contribution is -0.122. The summed E-state index contributed by atoms with van der Waals surface area (Å²) in [5.74, 6) is -1.37. The van der Waals surface area contributed by atoms with Crippen LogP contribution in [0.4, 0.5) is 4.79 Å². The van der Waals surface area contributed by atoms with Crippen LogP contribution in [0.25, 0.3) is 11.1 Å². The number of pyridine rings is 1. The van der Waals surface area contributed by atoms with E-state index in [0.717, 1.165) is 11.1 Å². The maximum Gasteiger partial charge on any atom is 0.407 e. The summed E-state index contributed by atoms with van der Waals surface area (Å²) in [5.41, 5.74) is 5.30. The maximum atomic E-state index is 12.3. The largest absolute Gasteiger partial charge is 0.477 e. The van der Waals surface area contributed by atoms with Crippen LogP contribution in [0.5, 0.6) is 0 Å². The first-order chi connectivity index (χ1) is 16.9. The number of aromatic nitrogens is 1. The molecule has 0 aliphatic heterocycles. The Balaban J connectivity index is 1.20. The predicted octanol–water partition coefficient (Wildman–Crippen LogP) is 3.96. The van der Waals surface area contributed by atoms with Crippen molar-refractivity contribution in [2.45, 2.75) is 25.8 Å². The van der Waals surface area contributed by atoms with Gasteiger partial charge in [0, 0.05) is 31.6 Å². The molecule has 2 aromatic carbocycles. The molecule has 1 atom stereocenters. The summed E-state index contributed by atoms with van der Waals surface area (Å²) in [6, 6.07) is 19.3. The average Bonchev–Trinajstić information content (AvgIpc) is 3.19. The summed E-state index contributed by atoms with van der Waals surface area (Å²) < 4.78 is 5.53. The molecule has 0 spiro atoms. The van der Waals surface area contributed by atoms with Gasteiger partial charge in [0.1, 0.15) is 12.3 Å². The molecule has 0 fully saturated rings. The number of hydrogen-bond donors (Lipinski definition) is 3. The number of benzene rings is 2. The number of carboxylic acids is 1. The molecule has 3 aromatic rings. The van der Waals surface area contributed by atoms with Crippen molar-refractivity contribution >= 4 is 18.0 Å². The van der Waals surface area contributed by atoms with Gasteiger partial charge in [-0.25, -0.2) is 14.6 Å². The van der Waals surface area contributed by atoms with E-state index in [1.807, 2.05) is 31.2 Å². The second-order valence-electron chi connectivity index (χ2n) is 8.65. The van der Waals surface area contributed by atoms with E-state index in [0.29, 0.717) is 12.1 Å². The van der Waals surface area contributed by atoms with E-state index in [-0.39, 0.29) is 43.0 Å². The van der Waals surface area contributed by atoms with Crippen LogP contribution in [0.15, 0.2) is 66.9 Å². The van der Waals surface area contributed by atoms with Crippen molar-refractivity contribution in [2.24, 2.45) is 5.92 Å². The Morgan fingerprint density at radius 1 is 0.971 bits per heavy atom. The SMILES string of the molecule is CC(CNC(=O)OCC1c2ccccc2-c2ccccc21)CC(=O)NCc1ccc(C(=O)O)nc1. The summed E-state index contributed by atoms with van der Waals surface area (Å²) in [4.78, 5) is 39.2. The van der Waals surface area contributed by atoms with Crippen LogP contribution in [0, 0.1) is 5.92 Å². The van der Waals surface area contributed by atoms with Gasteiger partial charge in [0.25, 0.3) is 0 Å². The third kappa shape index (κ3) is 5.84. The maximum absolute atomic E-state index is 12.3. The predicted molar refractivity (Wildman–Crippen MR) is 130 cm³/mol. The summed E-state index contributed by atoms with van der Waals surface area (Å²) >= 11 is 0. The molecular weight excluding hydrogens is 446 g/mol. The van der Waals surface area contributed by atoms with Crippen LogP contribution in [0.1, 0.15) is 46.4 Å². The van der Waals surface area contributed by atoms with Crippen LogP contribution < -0.4 is 10.6 Å². The number of carboxylic acid groups (broad SMARTS) is 1. The van der Waals surface area contributed by atoms with Crippen molar-refractivity contribution in [3.63, 3.8) is 0 Å². The number of aromatic carboxylic acids is 1. The minimum absolute atomic E-state index is 0.00425. The summed E-state index contributed by atoms with van der Waals surface area (Å²) in [6.45, 7) is 2.66. The Bertz CT molecular complexity index is 1180. The fraction of sp³-hybridized carbons (Fsp3) is 0.259. The van der Waals surface area contributed by atoms with E-state index in [1.54, 1.807) is 6.07 Å². The lowest BCUT2D eigenvalue weighted by atomic mass is 9.98. The van der Waals surface area contributed by atoms with Crippen molar-refractivity contribution in [2.75, 3.05) is 13.2 Å². The van der Waals surface area contributed by atoms with Crippen molar-refractivity contribution < 1.29 is 24.2 Å². The molecule has 1 heterocycles. The Labute approximate surface area is 203 Å². The first kappa shape index (κ1) is 23.9. The summed E-state index contributed by atoms with van der Waals surface area (Å²) in [5, 5.41) is 14.4. The minimum atomic E-state index is -1.10. The molecule has 1 aromatic heterocycles. The van der Waals surface area contributed by atoms with Crippen LogP contribution >= 0.6 is 0 Å². The highest BCUT2D eigenvalue weighted by Gasteiger charge is 2.29. The number of ether oxygens (including phenoxy) is 1. The number of nitrogens with one attached hydrogen (secondary N) is 2. The van der Waals surface area contributed by atoms with Gasteiger partial charge < -0.3 is 20.5 Å². The lowest BCUT2D eigenvalue weighted by Gasteiger charge is -2.16. The third-order valence-electron chi connectivity index (χ3n) is 6.01. The molecule has 0 radical (unpaired) electrons. The monoisotopic (exact) mass is 473 g/mol. The fourth-order valence-electron chi connectivity index (χ4n) is 4.22. The van der Waals surface area contributed by atoms with Gasteiger partial charge in [-0.3, -0.25) is 4.79 Å². The van der Waals surface area contributed by atoms with Crippen LogP contribution in [0.3, 0.4) is 0 Å². The zero-order valence-corrected chi connectivity index (χ0v) is 19.4. The number of carbonyl (C=O) groups excluding carboxylic acids is 2. The van der Waals surface area contributed by atoms with Gasteiger partial charge in [-0.1, -0.05) is 61.5 Å². The van der Waals surface area contributed by atoms with E-state index < -0.39 is 12.1 Å². The highest BCUT2D eigenvalue weighted by molar-refractivity contribution is 5.85. The Morgan fingerprint density at radius 3 is 2.23 bits per heavy atom. The van der Waals surface area contributed by atoms with Gasteiger partial charge in [-0.15, -0.1) is 0 Å². The van der Waals surface area contributed by atoms with E-state index in [2.05, 4.69) is 39.9 Å². The summed E-state index contributed by atoms with van der Waals surface area (Å²) in [6.07, 6.45) is 1.14. The Hall–Kier alpha value is -4.20. The number of rotatable bonds is 9. The van der Waals surface area contributed by atoms with Crippen molar-refractivity contribution in [3.8, 4) is 11.1 Å². The smallest absolute Gasteiger partial charge is 0.407 e. The summed E-state index contributed by atoms with van der Waals surface area (Å²) in [7, 11) is 0. The standard InChI is InChI=1S/C27H27N3O5/c1-17(12-25(31)29-15-18-10-11-24(26(32)33)28-14-18)13-30-27(34)35-16-23-21-8-4-2-6-19(21)20-7-3-5-9-22(20)23/h2-11,14,17,23H,12-13,15-16H2,1H3,(H,29,31)(H,30,34)(H,32,33). The molecule has 3 N–H and O–H groups in total. The van der Waals surface area contributed by atoms with Gasteiger partial charge >= 0.3 is 12.1 Å². The topological polar surface area (TPSA) is 118 Å². The molecule has 1 unspecified atom stereocenters. The number of nitrogens with zero attached hydrogens (tertiary/aromatic N) is 1. The molecule has 8 nitrogen and oxygen atoms in total. The highest BCUT2D eigenvalue weighted by Crippen LogP contribution is 2.44. The number of fused-ring (bicyclic) bond motifs is 3. The average molecular weight is 474 g/mol. The molecule has 1 aliphatic carbocycles. The molecule has 180 valence electrons. The molecule has 0 bridgehead atoms. The molecular formula is C27H27N3O5. The van der Waals surface area contributed by atoms with Crippen molar-refractivity contribution in [3.05, 3.63) is 89.2 Å². The molecule has 8 heteroatoms. The fourth-order valence-corrected chi connectivity index (χ4v) is 4.22. The van der Waals surface area contributed by atoms with Crippen LogP contribution in [0.2, 0.25) is 0 Å². The van der Waals surface area contributed by atoms with Crippen LogP contribution in [-0.2, 0) is 16.1 Å². The highest BCUT2D eigenvalue weighted by atomic mass is 16.5. The van der Waals surface area contributed by atoms with Gasteiger partial charge in [0.15, 0.2) is 0 Å². The normalized spacial score (nSPS) is 12.8. The van der Waals surface area contributed by atoms with E-state index in [4.69, 9.17) is 9.84 Å². The molecule has 1 aliphatic rings. The van der Waals surface area contributed by atoms with E-state index >= 15 is 0 Å². The van der Waals surface area contributed by atoms with Crippen molar-refractivity contribution in [1.29, 1.82) is 0 Å². The van der Waals surface area contributed by atoms with Gasteiger partial charge in [-0.2, -0.15) is 0 Å². The quantitative estimate of drug-likeness (QED) is 0.433. The first-order valence-electron chi connectivity index (χ1n) is 11.5. The molecule has 0 saturated carbocycles. The zero-order valence-electron chi connectivity index (χ0n) is 19.4. The Morgan fingerprint density at radius 2 is 1.63 bits per heavy atom. The number of hydrogen-bond acceptors (Lipinski definition) is 5. The second-order valence-corrected chi connectivity index (χ2v) is 8.65. The minimum Gasteiger partial charge on any atom is -0.477 e. The van der Waals surface area contributed by atoms with Crippen molar-refractivity contribution in [1.82, 2.24) is 15.6 Å². The zero-order chi connectivity index (χ0) is 24.8. The molecule has 35 heavy (non-hydrogen) atoms. The molecule has 4 rings (SSSR count). The molecule has 0 saturated heterocycles. The van der Waals surface area contributed by atoms with E-state index in [9.17, 15) is 14.4 Å². The van der Waals surface area contributed by atoms with Crippen LogP contribution in [-0.4, -0.2) is 41.2 Å². The van der Waals surface area contributed by atoms with E-state index in [1.165, 1.54) is 23.4 Å². The lowest BCUT2D eigenvalue weighted by Crippen LogP contribution is -2.32. The van der Waals surface area contributed by atoms with Gasteiger partial charge in [0.2, 0.25) is 5.91 Å². The number of amides is 2. The van der Waals surface area contributed by atoms with Gasteiger partial charge in [0.05, 0.1) is 0 Å². The first-order valence-corrected chi connectivity index (χ1v) is 11.5. The molecule has 2 amide bonds. The third-order valence-corrected chi connectivity index (χ3v) is 6.01. The second kappa shape index (κ2) is 10.8. The van der Waals surface area contributed by atoms with Gasteiger partial charge in [-0.05, 0) is 39.8 Å². The Kier molecular flexibility index (Phi) is 7.40. The number of carbonyl (C=O) groups is 3.